The number of Topliss-reactive ketones (excluding diaryl/α,β-unsaturated/α-hetero) is 1. The lowest BCUT2D eigenvalue weighted by Gasteiger charge is -2.28. The van der Waals surface area contributed by atoms with Gasteiger partial charge in [-0.05, 0) is 17.4 Å². The Labute approximate surface area is 227 Å². The van der Waals surface area contributed by atoms with Crippen LogP contribution in [0.5, 0.6) is 0 Å². The smallest absolute Gasteiger partial charge is 0.408 e. The van der Waals surface area contributed by atoms with Gasteiger partial charge in [0.1, 0.15) is 24.7 Å². The molecule has 0 saturated heterocycles. The average molecular weight is 541 g/mol. The van der Waals surface area contributed by atoms with E-state index in [1.54, 1.807) is 44.8 Å². The standard InChI is InChI=1S/C27H36N6O6/c1-16(2)21(24(35)30-20-12-19-13-28-15-33(19)11-10-29-26(37)23(20)34)31-25(36)22(17(3)4)32-27(38)39-14-18-8-6-5-7-9-18/h5-9,13,15-17,20-22H,10-12,14H2,1-4H3,(H,29,37)(H,30,35)(H,31,36)(H,32,38). The van der Waals surface area contributed by atoms with Gasteiger partial charge in [0.15, 0.2) is 0 Å². The number of carbonyl (C=O) groups excluding carboxylic acids is 5. The number of hydrogen-bond donors (Lipinski definition) is 4. The SMILES string of the molecule is CC(C)C(NC(=O)OCc1ccccc1)C(=O)NC(C(=O)NC1Cc2cncn2CCNC(=O)C1=O)C(C)C. The summed E-state index contributed by atoms with van der Waals surface area (Å²) in [6.07, 6.45) is 2.48. The molecule has 0 saturated carbocycles. The minimum absolute atomic E-state index is 0.0397. The minimum atomic E-state index is -1.14. The van der Waals surface area contributed by atoms with Crippen LogP contribution in [0.15, 0.2) is 42.9 Å². The summed E-state index contributed by atoms with van der Waals surface area (Å²) in [6, 6.07) is 5.97. The molecule has 0 aliphatic carbocycles. The molecule has 0 radical (unpaired) electrons. The highest BCUT2D eigenvalue weighted by molar-refractivity contribution is 6.38. The van der Waals surface area contributed by atoms with Crippen molar-refractivity contribution in [3.05, 3.63) is 54.1 Å². The summed E-state index contributed by atoms with van der Waals surface area (Å²) >= 11 is 0. The number of ether oxygens (including phenoxy) is 1. The van der Waals surface area contributed by atoms with Gasteiger partial charge in [-0.2, -0.15) is 0 Å². The highest BCUT2D eigenvalue weighted by atomic mass is 16.5. The first-order valence-corrected chi connectivity index (χ1v) is 13.0. The van der Waals surface area contributed by atoms with Crippen molar-refractivity contribution >= 4 is 29.6 Å². The molecule has 1 aliphatic rings. The Kier molecular flexibility index (Phi) is 10.2. The Morgan fingerprint density at radius 2 is 1.69 bits per heavy atom. The van der Waals surface area contributed by atoms with Crippen LogP contribution in [0.3, 0.4) is 0 Å². The zero-order valence-electron chi connectivity index (χ0n) is 22.6. The third kappa shape index (κ3) is 8.13. The first-order chi connectivity index (χ1) is 18.6. The van der Waals surface area contributed by atoms with E-state index in [4.69, 9.17) is 4.74 Å². The van der Waals surface area contributed by atoms with Gasteiger partial charge in [0, 0.05) is 31.4 Å². The van der Waals surface area contributed by atoms with E-state index < -0.39 is 47.7 Å². The van der Waals surface area contributed by atoms with Crippen molar-refractivity contribution in [2.24, 2.45) is 11.8 Å². The Morgan fingerprint density at radius 3 is 2.36 bits per heavy atom. The van der Waals surface area contributed by atoms with Crippen molar-refractivity contribution in [2.75, 3.05) is 6.54 Å². The number of ketones is 1. The summed E-state index contributed by atoms with van der Waals surface area (Å²) in [6.45, 7) is 7.71. The number of rotatable bonds is 9. The normalized spacial score (nSPS) is 17.1. The molecule has 3 atom stereocenters. The number of alkyl carbamates (subject to hydrolysis) is 1. The largest absolute Gasteiger partial charge is 0.445 e. The van der Waals surface area contributed by atoms with Crippen LogP contribution >= 0.6 is 0 Å². The molecule has 0 spiro atoms. The topological polar surface area (TPSA) is 161 Å². The molecule has 1 aromatic heterocycles. The van der Waals surface area contributed by atoms with Gasteiger partial charge in [-0.1, -0.05) is 58.0 Å². The molecule has 0 bridgehead atoms. The van der Waals surface area contributed by atoms with E-state index in [0.717, 1.165) is 5.56 Å². The van der Waals surface area contributed by atoms with Gasteiger partial charge in [0.25, 0.3) is 5.91 Å². The first-order valence-electron chi connectivity index (χ1n) is 13.0. The first kappa shape index (κ1) is 29.3. The van der Waals surface area contributed by atoms with Crippen LogP contribution in [-0.4, -0.2) is 63.8 Å². The fraction of sp³-hybridized carbons (Fsp3) is 0.481. The lowest BCUT2D eigenvalue weighted by atomic mass is 9.98. The van der Waals surface area contributed by atoms with Crippen molar-refractivity contribution in [2.45, 2.75) is 65.4 Å². The van der Waals surface area contributed by atoms with E-state index in [1.165, 1.54) is 0 Å². The van der Waals surface area contributed by atoms with Crippen molar-refractivity contribution in [3.8, 4) is 0 Å². The van der Waals surface area contributed by atoms with Crippen LogP contribution in [0.1, 0.15) is 39.0 Å². The quantitative estimate of drug-likeness (QED) is 0.341. The number of benzene rings is 1. The molecule has 1 aliphatic heterocycles. The fourth-order valence-electron chi connectivity index (χ4n) is 4.14. The molecule has 4 amide bonds. The summed E-state index contributed by atoms with van der Waals surface area (Å²) in [5.74, 6) is -3.45. The van der Waals surface area contributed by atoms with E-state index in [1.807, 2.05) is 30.3 Å². The number of aromatic nitrogens is 2. The molecule has 3 rings (SSSR count). The third-order valence-electron chi connectivity index (χ3n) is 6.39. The predicted octanol–water partition coefficient (Wildman–Crippen LogP) is 0.701. The van der Waals surface area contributed by atoms with Gasteiger partial charge in [-0.3, -0.25) is 19.2 Å². The second-order valence-electron chi connectivity index (χ2n) is 10.1. The van der Waals surface area contributed by atoms with E-state index >= 15 is 0 Å². The molecular weight excluding hydrogens is 504 g/mol. The molecule has 1 aromatic carbocycles. The molecule has 12 nitrogen and oxygen atoms in total. The number of fused-ring (bicyclic) bond motifs is 1. The van der Waals surface area contributed by atoms with Crippen LogP contribution < -0.4 is 21.3 Å². The van der Waals surface area contributed by atoms with Gasteiger partial charge in [-0.25, -0.2) is 9.78 Å². The van der Waals surface area contributed by atoms with E-state index in [0.29, 0.717) is 12.2 Å². The molecule has 2 aromatic rings. The molecule has 4 N–H and O–H groups in total. The van der Waals surface area contributed by atoms with Crippen LogP contribution in [0.2, 0.25) is 0 Å². The Balaban J connectivity index is 1.67. The lowest BCUT2D eigenvalue weighted by Crippen LogP contribution is -2.59. The van der Waals surface area contributed by atoms with Gasteiger partial charge in [0.05, 0.1) is 6.33 Å². The number of amides is 4. The van der Waals surface area contributed by atoms with Crippen molar-refractivity contribution in [3.63, 3.8) is 0 Å². The maximum atomic E-state index is 13.3. The summed E-state index contributed by atoms with van der Waals surface area (Å²) in [5.41, 5.74) is 1.49. The number of nitrogens with zero attached hydrogens (tertiary/aromatic N) is 2. The summed E-state index contributed by atoms with van der Waals surface area (Å²) in [7, 11) is 0. The molecule has 210 valence electrons. The molecule has 3 unspecified atom stereocenters. The lowest BCUT2D eigenvalue weighted by molar-refractivity contribution is -0.140. The van der Waals surface area contributed by atoms with E-state index in [2.05, 4.69) is 26.3 Å². The molecule has 12 heteroatoms. The van der Waals surface area contributed by atoms with Crippen LogP contribution in [0.4, 0.5) is 4.79 Å². The van der Waals surface area contributed by atoms with Gasteiger partial charge < -0.3 is 30.6 Å². The number of carbonyl (C=O) groups is 5. The molecule has 0 fully saturated rings. The van der Waals surface area contributed by atoms with Gasteiger partial charge in [-0.15, -0.1) is 0 Å². The minimum Gasteiger partial charge on any atom is -0.445 e. The third-order valence-corrected chi connectivity index (χ3v) is 6.39. The summed E-state index contributed by atoms with van der Waals surface area (Å²) in [4.78, 5) is 68.1. The molecule has 39 heavy (non-hydrogen) atoms. The Hall–Kier alpha value is -4.22. The predicted molar refractivity (Wildman–Crippen MR) is 141 cm³/mol. The van der Waals surface area contributed by atoms with Crippen LogP contribution in [-0.2, 0) is 43.5 Å². The number of imidazole rings is 1. The van der Waals surface area contributed by atoms with Gasteiger partial charge >= 0.3 is 6.09 Å². The van der Waals surface area contributed by atoms with Crippen molar-refractivity contribution < 1.29 is 28.7 Å². The Morgan fingerprint density at radius 1 is 1.03 bits per heavy atom. The molecular formula is C27H36N6O6. The zero-order chi connectivity index (χ0) is 28.5. The van der Waals surface area contributed by atoms with Crippen molar-refractivity contribution in [1.82, 2.24) is 30.8 Å². The van der Waals surface area contributed by atoms with E-state index in [-0.39, 0.29) is 31.4 Å². The van der Waals surface area contributed by atoms with Gasteiger partial charge in [0.2, 0.25) is 17.6 Å². The maximum Gasteiger partial charge on any atom is 0.408 e. The highest BCUT2D eigenvalue weighted by Crippen LogP contribution is 2.11. The number of nitrogens with one attached hydrogen (secondary N) is 4. The van der Waals surface area contributed by atoms with Crippen LogP contribution in [0.25, 0.3) is 0 Å². The summed E-state index contributed by atoms with van der Waals surface area (Å²) in [5, 5.41) is 10.5. The number of hydrogen-bond acceptors (Lipinski definition) is 7. The molecule has 2 heterocycles. The Bertz CT molecular complexity index is 1180. The highest BCUT2D eigenvalue weighted by Gasteiger charge is 2.34. The monoisotopic (exact) mass is 540 g/mol. The summed E-state index contributed by atoms with van der Waals surface area (Å²) < 4.78 is 7.04. The van der Waals surface area contributed by atoms with Crippen LogP contribution in [0, 0.1) is 11.8 Å². The zero-order valence-corrected chi connectivity index (χ0v) is 22.6. The average Bonchev–Trinajstić information content (AvgIpc) is 3.35. The fourth-order valence-corrected chi connectivity index (χ4v) is 4.14. The van der Waals surface area contributed by atoms with E-state index in [9.17, 15) is 24.0 Å². The second kappa shape index (κ2) is 13.5. The van der Waals surface area contributed by atoms with Crippen molar-refractivity contribution in [1.29, 1.82) is 0 Å². The maximum absolute atomic E-state index is 13.3. The second-order valence-corrected chi connectivity index (χ2v) is 10.1.